The Morgan fingerprint density at radius 3 is 2.80 bits per heavy atom. The van der Waals surface area contributed by atoms with Gasteiger partial charge in [-0.2, -0.15) is 0 Å². The van der Waals surface area contributed by atoms with E-state index in [9.17, 15) is 0 Å². The number of nitrogens with zero attached hydrogens (tertiary/aromatic N) is 1. The molecule has 108 valence electrons. The zero-order valence-corrected chi connectivity index (χ0v) is 12.6. The lowest BCUT2D eigenvalue weighted by atomic mass is 9.87. The third-order valence-corrected chi connectivity index (χ3v) is 4.55. The Morgan fingerprint density at radius 2 is 2.10 bits per heavy atom. The van der Waals surface area contributed by atoms with Crippen molar-refractivity contribution in [3.8, 4) is 0 Å². The highest BCUT2D eigenvalue weighted by atomic mass is 16.3. The van der Waals surface area contributed by atoms with Crippen LogP contribution >= 0.6 is 0 Å². The van der Waals surface area contributed by atoms with Gasteiger partial charge < -0.3 is 10.2 Å². The number of oxazole rings is 1. The van der Waals surface area contributed by atoms with Gasteiger partial charge in [0, 0.05) is 5.92 Å². The van der Waals surface area contributed by atoms with Crippen LogP contribution in [0.2, 0.25) is 0 Å². The summed E-state index contributed by atoms with van der Waals surface area (Å²) >= 11 is 0. The summed E-state index contributed by atoms with van der Waals surface area (Å²) in [5.41, 5.74) is 9.19. The average molecular weight is 272 g/mol. The van der Waals surface area contributed by atoms with E-state index in [1.807, 2.05) is 0 Å². The van der Waals surface area contributed by atoms with Gasteiger partial charge in [-0.05, 0) is 48.4 Å². The van der Waals surface area contributed by atoms with Crippen LogP contribution in [0.5, 0.6) is 0 Å². The lowest BCUT2D eigenvalue weighted by Gasteiger charge is -2.18. The summed E-state index contributed by atoms with van der Waals surface area (Å²) in [6.07, 6.45) is 3.59. The molecule has 0 amide bonds. The first-order valence-electron chi connectivity index (χ1n) is 7.60. The summed E-state index contributed by atoms with van der Waals surface area (Å²) in [7, 11) is 0. The van der Waals surface area contributed by atoms with E-state index in [2.05, 4.69) is 39.0 Å². The number of fused-ring (bicyclic) bond motifs is 1. The van der Waals surface area contributed by atoms with Gasteiger partial charge >= 0.3 is 0 Å². The largest absolute Gasteiger partial charge is 0.440 e. The Morgan fingerprint density at radius 1 is 1.30 bits per heavy atom. The summed E-state index contributed by atoms with van der Waals surface area (Å²) in [6, 6.07) is 6.36. The Bertz CT molecular complexity index is 609. The molecule has 0 bridgehead atoms. The molecule has 1 aliphatic rings. The van der Waals surface area contributed by atoms with Gasteiger partial charge in [0.25, 0.3) is 0 Å². The normalized spacial score (nSPS) is 23.6. The molecule has 0 saturated heterocycles. The highest BCUT2D eigenvalue weighted by Gasteiger charge is 2.31. The predicted molar refractivity (Wildman–Crippen MR) is 81.8 cm³/mol. The fourth-order valence-electron chi connectivity index (χ4n) is 3.21. The molecule has 0 radical (unpaired) electrons. The van der Waals surface area contributed by atoms with Crippen molar-refractivity contribution in [3.05, 3.63) is 29.7 Å². The van der Waals surface area contributed by atoms with Gasteiger partial charge in [0.15, 0.2) is 11.5 Å². The molecule has 1 fully saturated rings. The van der Waals surface area contributed by atoms with Crippen LogP contribution in [0.1, 0.15) is 57.4 Å². The molecule has 0 spiro atoms. The van der Waals surface area contributed by atoms with Crippen molar-refractivity contribution in [1.82, 2.24) is 4.98 Å². The lowest BCUT2D eigenvalue weighted by molar-refractivity contribution is 0.401. The van der Waals surface area contributed by atoms with Crippen LogP contribution in [0, 0.1) is 5.92 Å². The van der Waals surface area contributed by atoms with Gasteiger partial charge in [-0.1, -0.05) is 33.3 Å². The summed E-state index contributed by atoms with van der Waals surface area (Å²) in [6.45, 7) is 7.39. The second kappa shape index (κ2) is 4.88. The first kappa shape index (κ1) is 13.6. The zero-order valence-electron chi connectivity index (χ0n) is 12.6. The summed E-state index contributed by atoms with van der Waals surface area (Å²) in [5.74, 6) is 1.83. The number of benzene rings is 1. The number of rotatable bonds is 2. The van der Waals surface area contributed by atoms with E-state index in [-0.39, 0.29) is 5.41 Å². The maximum Gasteiger partial charge on any atom is 0.198 e. The monoisotopic (exact) mass is 272 g/mol. The van der Waals surface area contributed by atoms with Crippen LogP contribution in [-0.2, 0) is 5.41 Å². The Kier molecular flexibility index (Phi) is 3.33. The number of nitrogens with two attached hydrogens (primary N) is 1. The van der Waals surface area contributed by atoms with E-state index in [1.54, 1.807) is 0 Å². The van der Waals surface area contributed by atoms with Gasteiger partial charge in [0.1, 0.15) is 5.52 Å². The van der Waals surface area contributed by atoms with Crippen molar-refractivity contribution < 1.29 is 4.42 Å². The fraction of sp³-hybridized carbons (Fsp3) is 0.588. The Hall–Kier alpha value is -1.35. The van der Waals surface area contributed by atoms with Crippen LogP contribution in [0.25, 0.3) is 11.1 Å². The molecule has 2 atom stereocenters. The maximum atomic E-state index is 5.99. The van der Waals surface area contributed by atoms with Crippen LogP contribution in [-0.4, -0.2) is 11.5 Å². The third-order valence-electron chi connectivity index (χ3n) is 4.55. The summed E-state index contributed by atoms with van der Waals surface area (Å²) < 4.78 is 5.99. The van der Waals surface area contributed by atoms with Gasteiger partial charge in [-0.3, -0.25) is 0 Å². The van der Waals surface area contributed by atoms with Gasteiger partial charge in [0.2, 0.25) is 0 Å². The molecule has 20 heavy (non-hydrogen) atoms. The van der Waals surface area contributed by atoms with E-state index in [0.717, 1.165) is 30.0 Å². The SMILES string of the molecule is CC(C)(C)c1ccc2oc(C3CCCC3CN)nc2c1. The van der Waals surface area contributed by atoms with E-state index < -0.39 is 0 Å². The number of aromatic nitrogens is 1. The second-order valence-electron chi connectivity index (χ2n) is 7.02. The van der Waals surface area contributed by atoms with Crippen LogP contribution < -0.4 is 5.73 Å². The van der Waals surface area contributed by atoms with Crippen molar-refractivity contribution in [2.45, 2.75) is 51.4 Å². The van der Waals surface area contributed by atoms with E-state index in [0.29, 0.717) is 11.8 Å². The van der Waals surface area contributed by atoms with Crippen molar-refractivity contribution in [2.75, 3.05) is 6.54 Å². The molecule has 2 unspecified atom stereocenters. The van der Waals surface area contributed by atoms with Crippen LogP contribution in [0.15, 0.2) is 22.6 Å². The predicted octanol–water partition coefficient (Wildman–Crippen LogP) is 3.97. The van der Waals surface area contributed by atoms with Crippen molar-refractivity contribution in [3.63, 3.8) is 0 Å². The number of hydrogen-bond donors (Lipinski definition) is 1. The average Bonchev–Trinajstić information content (AvgIpc) is 3.02. The lowest BCUT2D eigenvalue weighted by Crippen LogP contribution is -2.17. The van der Waals surface area contributed by atoms with Gasteiger partial charge in [0.05, 0.1) is 0 Å². The third kappa shape index (κ3) is 2.35. The van der Waals surface area contributed by atoms with Gasteiger partial charge in [-0.25, -0.2) is 4.98 Å². The molecule has 3 nitrogen and oxygen atoms in total. The molecular formula is C17H24N2O. The van der Waals surface area contributed by atoms with E-state index >= 15 is 0 Å². The Labute approximate surface area is 120 Å². The maximum absolute atomic E-state index is 5.99. The van der Waals surface area contributed by atoms with E-state index in [1.165, 1.54) is 18.4 Å². The Balaban J connectivity index is 1.98. The molecule has 3 rings (SSSR count). The topological polar surface area (TPSA) is 52.0 Å². The molecule has 1 saturated carbocycles. The molecule has 2 aromatic rings. The molecule has 3 heteroatoms. The molecule has 1 aliphatic carbocycles. The first-order valence-corrected chi connectivity index (χ1v) is 7.60. The molecule has 0 aliphatic heterocycles. The quantitative estimate of drug-likeness (QED) is 0.900. The summed E-state index contributed by atoms with van der Waals surface area (Å²) in [5, 5.41) is 0. The minimum atomic E-state index is 0.139. The van der Waals surface area contributed by atoms with Crippen molar-refractivity contribution in [1.29, 1.82) is 0 Å². The second-order valence-corrected chi connectivity index (χ2v) is 7.02. The van der Waals surface area contributed by atoms with Crippen LogP contribution in [0.3, 0.4) is 0 Å². The van der Waals surface area contributed by atoms with Crippen molar-refractivity contribution in [2.24, 2.45) is 11.7 Å². The highest BCUT2D eigenvalue weighted by molar-refractivity contribution is 5.74. The smallest absolute Gasteiger partial charge is 0.198 e. The van der Waals surface area contributed by atoms with E-state index in [4.69, 9.17) is 15.1 Å². The molecule has 2 N–H and O–H groups in total. The molecule has 1 aromatic heterocycles. The minimum absolute atomic E-state index is 0.139. The highest BCUT2D eigenvalue weighted by Crippen LogP contribution is 2.39. The first-order chi connectivity index (χ1) is 9.49. The molecular weight excluding hydrogens is 248 g/mol. The minimum Gasteiger partial charge on any atom is -0.440 e. The van der Waals surface area contributed by atoms with Crippen LogP contribution in [0.4, 0.5) is 0 Å². The standard InChI is InChI=1S/C17H24N2O/c1-17(2,3)12-7-8-15-14(9-12)19-16(20-15)13-6-4-5-11(13)10-18/h7-9,11,13H,4-6,10,18H2,1-3H3. The summed E-state index contributed by atoms with van der Waals surface area (Å²) in [4.78, 5) is 4.74. The number of hydrogen-bond acceptors (Lipinski definition) is 3. The van der Waals surface area contributed by atoms with Crippen molar-refractivity contribution >= 4 is 11.1 Å². The molecule has 1 aromatic carbocycles. The van der Waals surface area contributed by atoms with Gasteiger partial charge in [-0.15, -0.1) is 0 Å². The fourth-order valence-corrected chi connectivity index (χ4v) is 3.21. The molecule has 1 heterocycles. The zero-order chi connectivity index (χ0) is 14.3.